The minimum Gasteiger partial charge on any atom is -0.339 e. The molecule has 1 aliphatic heterocycles. The van der Waals surface area contributed by atoms with Crippen molar-refractivity contribution in [2.75, 3.05) is 38.2 Å². The molecule has 122 valence electrons. The van der Waals surface area contributed by atoms with Crippen molar-refractivity contribution in [3.63, 3.8) is 0 Å². The molecule has 5 nitrogen and oxygen atoms in total. The van der Waals surface area contributed by atoms with Crippen LogP contribution in [0, 0.1) is 11.6 Å². The van der Waals surface area contributed by atoms with E-state index in [4.69, 9.17) is 0 Å². The summed E-state index contributed by atoms with van der Waals surface area (Å²) in [6, 6.07) is 2.38. The number of hydrogen-bond acceptors (Lipinski definition) is 4. The Bertz CT molecular complexity index is 659. The molecule has 0 spiro atoms. The second kappa shape index (κ2) is 6.93. The Kier molecular flexibility index (Phi) is 5.41. The average molecular weight is 350 g/mol. The van der Waals surface area contributed by atoms with Gasteiger partial charge >= 0.3 is 0 Å². The van der Waals surface area contributed by atoms with Gasteiger partial charge in [-0.2, -0.15) is 16.1 Å². The molecule has 1 aromatic rings. The van der Waals surface area contributed by atoms with Gasteiger partial charge in [0.25, 0.3) is 0 Å². The quantitative estimate of drug-likeness (QED) is 0.818. The van der Waals surface area contributed by atoms with Gasteiger partial charge in [0, 0.05) is 32.2 Å². The van der Waals surface area contributed by atoms with Crippen molar-refractivity contribution in [2.24, 2.45) is 0 Å². The molecule has 1 saturated heterocycles. The zero-order valence-corrected chi connectivity index (χ0v) is 13.6. The first-order valence-electron chi connectivity index (χ1n) is 6.58. The van der Waals surface area contributed by atoms with E-state index in [9.17, 15) is 22.0 Å². The molecule has 1 amide bonds. The minimum atomic E-state index is -4.02. The molecule has 0 aliphatic carbocycles. The number of thioether (sulfide) groups is 1. The van der Waals surface area contributed by atoms with Gasteiger partial charge in [0.1, 0.15) is 16.5 Å². The summed E-state index contributed by atoms with van der Waals surface area (Å²) >= 11 is 1.40. The fourth-order valence-electron chi connectivity index (χ4n) is 2.22. The van der Waals surface area contributed by atoms with E-state index in [-0.39, 0.29) is 32.1 Å². The van der Waals surface area contributed by atoms with Crippen LogP contribution in [0.3, 0.4) is 0 Å². The van der Waals surface area contributed by atoms with Crippen molar-refractivity contribution in [2.45, 2.75) is 4.90 Å². The number of amides is 1. The molecule has 0 atom stereocenters. The number of halogens is 2. The number of carbonyl (C=O) groups excluding carboxylic acids is 1. The van der Waals surface area contributed by atoms with Gasteiger partial charge in [0.2, 0.25) is 15.9 Å². The lowest BCUT2D eigenvalue weighted by atomic mass is 10.3. The highest BCUT2D eigenvalue weighted by molar-refractivity contribution is 7.99. The molecule has 0 radical (unpaired) electrons. The molecule has 0 saturated carbocycles. The topological polar surface area (TPSA) is 57.7 Å². The summed E-state index contributed by atoms with van der Waals surface area (Å²) in [5.74, 6) is -1.64. The van der Waals surface area contributed by atoms with Crippen molar-refractivity contribution in [3.05, 3.63) is 29.8 Å². The number of benzene rings is 1. The van der Waals surface area contributed by atoms with Crippen LogP contribution < -0.4 is 0 Å². The molecule has 0 unspecified atom stereocenters. The van der Waals surface area contributed by atoms with Gasteiger partial charge in [-0.05, 0) is 18.4 Å². The number of hydrogen-bond donors (Lipinski definition) is 0. The third kappa shape index (κ3) is 3.58. The van der Waals surface area contributed by atoms with E-state index in [1.165, 1.54) is 11.8 Å². The number of sulfonamides is 1. The van der Waals surface area contributed by atoms with Crippen molar-refractivity contribution in [3.8, 4) is 0 Å². The second-order valence-electron chi connectivity index (χ2n) is 4.79. The van der Waals surface area contributed by atoms with Gasteiger partial charge in [-0.1, -0.05) is 0 Å². The van der Waals surface area contributed by atoms with Gasteiger partial charge in [0.05, 0.1) is 5.75 Å². The normalized spacial score (nSPS) is 16.8. The van der Waals surface area contributed by atoms with Crippen LogP contribution >= 0.6 is 11.8 Å². The molecule has 1 aliphatic rings. The van der Waals surface area contributed by atoms with E-state index in [0.29, 0.717) is 11.8 Å². The van der Waals surface area contributed by atoms with Gasteiger partial charge in [0.15, 0.2) is 0 Å². The molecule has 9 heteroatoms. The molecular weight excluding hydrogens is 334 g/mol. The highest BCUT2D eigenvalue weighted by Gasteiger charge is 2.31. The Morgan fingerprint density at radius 3 is 2.41 bits per heavy atom. The first-order chi connectivity index (χ1) is 10.4. The second-order valence-corrected chi connectivity index (χ2v) is 7.57. The molecule has 0 bridgehead atoms. The average Bonchev–Trinajstić information content (AvgIpc) is 2.47. The number of nitrogens with zero attached hydrogens (tertiary/aromatic N) is 2. The summed E-state index contributed by atoms with van der Waals surface area (Å²) in [5, 5.41) is 0. The number of carbonyl (C=O) groups is 1. The first-order valence-corrected chi connectivity index (χ1v) is 9.41. The molecule has 22 heavy (non-hydrogen) atoms. The summed E-state index contributed by atoms with van der Waals surface area (Å²) in [6.07, 6.45) is 1.82. The van der Waals surface area contributed by atoms with Crippen LogP contribution in [0.5, 0.6) is 0 Å². The zero-order chi connectivity index (χ0) is 16.3. The highest BCUT2D eigenvalue weighted by atomic mass is 32.2. The molecule has 1 aromatic carbocycles. The Labute approximate surface area is 132 Å². The standard InChI is InChI=1S/C13H16F2N2O3S2/c1-21-9-13(18)16-4-6-17(7-5-16)22(19,20)12-3-2-10(14)8-11(12)15/h2-3,8H,4-7,9H2,1H3. The van der Waals surface area contributed by atoms with E-state index in [2.05, 4.69) is 0 Å². The summed E-state index contributed by atoms with van der Waals surface area (Å²) in [6.45, 7) is 0.724. The summed E-state index contributed by atoms with van der Waals surface area (Å²) in [7, 11) is -4.02. The smallest absolute Gasteiger partial charge is 0.246 e. The lowest BCUT2D eigenvalue weighted by Gasteiger charge is -2.34. The van der Waals surface area contributed by atoms with E-state index in [0.717, 1.165) is 16.4 Å². The number of piperazine rings is 1. The maximum absolute atomic E-state index is 13.7. The number of rotatable bonds is 4. The van der Waals surface area contributed by atoms with Crippen LogP contribution in [0.4, 0.5) is 8.78 Å². The van der Waals surface area contributed by atoms with Crippen molar-refractivity contribution in [1.29, 1.82) is 0 Å². The fraction of sp³-hybridized carbons (Fsp3) is 0.462. The molecule has 0 N–H and O–H groups in total. The van der Waals surface area contributed by atoms with Crippen LogP contribution in [0.1, 0.15) is 0 Å². The van der Waals surface area contributed by atoms with Crippen molar-refractivity contribution < 1.29 is 22.0 Å². The summed E-state index contributed by atoms with van der Waals surface area (Å²) in [5.41, 5.74) is 0. The van der Waals surface area contributed by atoms with E-state index >= 15 is 0 Å². The monoisotopic (exact) mass is 350 g/mol. The first kappa shape index (κ1) is 17.2. The van der Waals surface area contributed by atoms with E-state index < -0.39 is 26.6 Å². The predicted molar refractivity (Wildman–Crippen MR) is 80.1 cm³/mol. The van der Waals surface area contributed by atoms with Crippen LogP contribution in [0.2, 0.25) is 0 Å². The fourth-order valence-corrected chi connectivity index (χ4v) is 4.11. The highest BCUT2D eigenvalue weighted by Crippen LogP contribution is 2.21. The zero-order valence-electron chi connectivity index (χ0n) is 12.0. The van der Waals surface area contributed by atoms with Crippen molar-refractivity contribution >= 4 is 27.7 Å². The van der Waals surface area contributed by atoms with E-state index in [1.807, 2.05) is 6.26 Å². The molecule has 0 aromatic heterocycles. The lowest BCUT2D eigenvalue weighted by Crippen LogP contribution is -2.51. The SMILES string of the molecule is CSCC(=O)N1CCN(S(=O)(=O)c2ccc(F)cc2F)CC1. The Morgan fingerprint density at radius 2 is 1.86 bits per heavy atom. The van der Waals surface area contributed by atoms with Crippen LogP contribution in [-0.2, 0) is 14.8 Å². The van der Waals surface area contributed by atoms with Crippen molar-refractivity contribution in [1.82, 2.24) is 9.21 Å². The third-order valence-corrected chi connectivity index (χ3v) is 5.84. The van der Waals surface area contributed by atoms with Crippen LogP contribution in [-0.4, -0.2) is 61.7 Å². The van der Waals surface area contributed by atoms with E-state index in [1.54, 1.807) is 4.90 Å². The van der Waals surface area contributed by atoms with Gasteiger partial charge < -0.3 is 4.90 Å². The minimum absolute atomic E-state index is 0.0440. The van der Waals surface area contributed by atoms with Crippen LogP contribution in [0.15, 0.2) is 23.1 Å². The lowest BCUT2D eigenvalue weighted by molar-refractivity contribution is -0.129. The summed E-state index contributed by atoms with van der Waals surface area (Å²) < 4.78 is 52.5. The van der Waals surface area contributed by atoms with Gasteiger partial charge in [-0.25, -0.2) is 17.2 Å². The molecule has 2 rings (SSSR count). The molecular formula is C13H16F2N2O3S2. The summed E-state index contributed by atoms with van der Waals surface area (Å²) in [4.78, 5) is 12.8. The maximum atomic E-state index is 13.7. The predicted octanol–water partition coefficient (Wildman–Crippen LogP) is 1.16. The Balaban J connectivity index is 2.11. The van der Waals surface area contributed by atoms with Gasteiger partial charge in [-0.15, -0.1) is 0 Å². The maximum Gasteiger partial charge on any atom is 0.246 e. The van der Waals surface area contributed by atoms with Gasteiger partial charge in [-0.3, -0.25) is 4.79 Å². The molecule has 1 fully saturated rings. The molecule has 1 heterocycles. The largest absolute Gasteiger partial charge is 0.339 e. The van der Waals surface area contributed by atoms with Crippen LogP contribution in [0.25, 0.3) is 0 Å². The Morgan fingerprint density at radius 1 is 1.23 bits per heavy atom. The Hall–Kier alpha value is -1.19. The third-order valence-electron chi connectivity index (χ3n) is 3.37.